The van der Waals surface area contributed by atoms with Crippen molar-refractivity contribution in [2.45, 2.75) is 65.7 Å². The van der Waals surface area contributed by atoms with E-state index in [1.165, 1.54) is 19.1 Å². The lowest BCUT2D eigenvalue weighted by molar-refractivity contribution is -0.156. The van der Waals surface area contributed by atoms with Crippen LogP contribution in [0.5, 0.6) is 5.75 Å². The molecule has 1 N–H and O–H groups in total. The Kier molecular flexibility index (Phi) is 8.90. The van der Waals surface area contributed by atoms with Crippen molar-refractivity contribution in [3.05, 3.63) is 29.8 Å². The van der Waals surface area contributed by atoms with E-state index in [9.17, 15) is 19.2 Å². The Morgan fingerprint density at radius 2 is 1.53 bits per heavy atom. The van der Waals surface area contributed by atoms with Gasteiger partial charge in [0.1, 0.15) is 23.0 Å². The molecule has 0 saturated heterocycles. The second kappa shape index (κ2) is 10.5. The predicted octanol–water partition coefficient (Wildman–Crippen LogP) is 3.72. The molecule has 0 aliphatic carbocycles. The van der Waals surface area contributed by atoms with Crippen LogP contribution in [-0.2, 0) is 19.1 Å². The van der Waals surface area contributed by atoms with Crippen LogP contribution in [0.1, 0.15) is 58.8 Å². The summed E-state index contributed by atoms with van der Waals surface area (Å²) in [6, 6.07) is 5.16. The number of rotatable bonds is 6. The van der Waals surface area contributed by atoms with E-state index in [2.05, 4.69) is 5.32 Å². The number of ether oxygens (including phenoxy) is 3. The molecule has 0 aromatic heterocycles. The second-order valence-electron chi connectivity index (χ2n) is 8.42. The molecule has 1 rings (SSSR count). The molecule has 0 bridgehead atoms. The summed E-state index contributed by atoms with van der Waals surface area (Å²) in [5.74, 6) is -1.22. The van der Waals surface area contributed by atoms with Gasteiger partial charge in [0.2, 0.25) is 5.12 Å². The average molecular weight is 440 g/mol. The number of thioether (sulfide) groups is 1. The molecule has 1 aromatic carbocycles. The van der Waals surface area contributed by atoms with Gasteiger partial charge in [0, 0.05) is 12.7 Å². The molecule has 0 saturated carbocycles. The monoisotopic (exact) mass is 439 g/mol. The molecule has 0 fully saturated rings. The second-order valence-corrected chi connectivity index (χ2v) is 9.41. The van der Waals surface area contributed by atoms with Gasteiger partial charge in [-0.25, -0.2) is 9.59 Å². The number of para-hydroxylation sites is 1. The van der Waals surface area contributed by atoms with E-state index in [1.54, 1.807) is 53.7 Å². The van der Waals surface area contributed by atoms with Gasteiger partial charge in [-0.2, -0.15) is 0 Å². The van der Waals surface area contributed by atoms with E-state index < -0.39 is 40.4 Å². The van der Waals surface area contributed by atoms with Gasteiger partial charge in [0.05, 0.1) is 5.56 Å². The molecule has 0 aliphatic rings. The van der Waals surface area contributed by atoms with E-state index in [1.807, 2.05) is 0 Å². The molecule has 8 nitrogen and oxygen atoms in total. The van der Waals surface area contributed by atoms with Crippen LogP contribution in [0, 0.1) is 0 Å². The lowest BCUT2D eigenvalue weighted by Gasteiger charge is -2.26. The molecular weight excluding hydrogens is 410 g/mol. The molecule has 1 aromatic rings. The minimum atomic E-state index is -1.12. The predicted molar refractivity (Wildman–Crippen MR) is 114 cm³/mol. The molecule has 30 heavy (non-hydrogen) atoms. The Morgan fingerprint density at radius 3 is 2.07 bits per heavy atom. The fourth-order valence-corrected chi connectivity index (χ4v) is 2.97. The number of carbonyl (C=O) groups excluding carboxylic acids is 4. The third kappa shape index (κ3) is 9.78. The van der Waals surface area contributed by atoms with E-state index >= 15 is 0 Å². The summed E-state index contributed by atoms with van der Waals surface area (Å²) in [6.45, 7) is 11.4. The van der Waals surface area contributed by atoms with E-state index in [4.69, 9.17) is 14.2 Å². The Bertz CT molecular complexity index is 793. The highest BCUT2D eigenvalue weighted by Gasteiger charge is 2.30. The van der Waals surface area contributed by atoms with Gasteiger partial charge in [0.15, 0.2) is 0 Å². The number of amides is 1. The van der Waals surface area contributed by atoms with Crippen molar-refractivity contribution < 1.29 is 33.4 Å². The number of carbonyl (C=O) groups is 4. The fraction of sp³-hybridized carbons (Fsp3) is 0.524. The quantitative estimate of drug-likeness (QED) is 0.528. The highest BCUT2D eigenvalue weighted by Crippen LogP contribution is 2.24. The lowest BCUT2D eigenvalue weighted by Crippen LogP contribution is -2.47. The first-order valence-corrected chi connectivity index (χ1v) is 10.3. The summed E-state index contributed by atoms with van der Waals surface area (Å²) in [5.41, 5.74) is -1.35. The van der Waals surface area contributed by atoms with Crippen LogP contribution in [0.2, 0.25) is 0 Å². The number of alkyl carbamates (subject to hydrolysis) is 1. The van der Waals surface area contributed by atoms with E-state index in [0.717, 1.165) is 11.8 Å². The largest absolute Gasteiger partial charge is 0.458 e. The Labute approximate surface area is 181 Å². The number of hydrogen-bond donors (Lipinski definition) is 1. The third-order valence-electron chi connectivity index (χ3n) is 3.12. The molecule has 0 radical (unpaired) electrons. The van der Waals surface area contributed by atoms with Gasteiger partial charge in [0.25, 0.3) is 0 Å². The number of nitrogens with one attached hydrogen (secondary N) is 1. The standard InChI is InChI=1S/C21H29NO7S/c1-13(23)27-16-11-9-8-10-14(16)18(25)30-12-15(17(24)28-20(2,3)4)22-19(26)29-21(5,6)7/h8-11,15H,12H2,1-7H3,(H,22,26)/t15-/m0/s1. The van der Waals surface area contributed by atoms with Crippen LogP contribution in [-0.4, -0.2) is 46.1 Å². The van der Waals surface area contributed by atoms with Crippen molar-refractivity contribution in [2.75, 3.05) is 5.75 Å². The van der Waals surface area contributed by atoms with Gasteiger partial charge in [-0.05, 0) is 53.7 Å². The fourth-order valence-electron chi connectivity index (χ4n) is 2.11. The van der Waals surface area contributed by atoms with E-state index in [0.29, 0.717) is 0 Å². The van der Waals surface area contributed by atoms with Crippen molar-refractivity contribution >= 4 is 34.9 Å². The molecule has 1 atom stereocenters. The highest BCUT2D eigenvalue weighted by molar-refractivity contribution is 8.14. The van der Waals surface area contributed by atoms with Gasteiger partial charge >= 0.3 is 18.0 Å². The first-order valence-electron chi connectivity index (χ1n) is 9.35. The van der Waals surface area contributed by atoms with Gasteiger partial charge in [-0.1, -0.05) is 23.9 Å². The molecule has 1 amide bonds. The number of hydrogen-bond acceptors (Lipinski definition) is 8. The van der Waals surface area contributed by atoms with Gasteiger partial charge in [-0.3, -0.25) is 9.59 Å². The van der Waals surface area contributed by atoms with Crippen molar-refractivity contribution in [2.24, 2.45) is 0 Å². The number of esters is 2. The maximum Gasteiger partial charge on any atom is 0.408 e. The average Bonchev–Trinajstić information content (AvgIpc) is 2.55. The first-order chi connectivity index (χ1) is 13.7. The summed E-state index contributed by atoms with van der Waals surface area (Å²) in [6.07, 6.45) is -0.799. The smallest absolute Gasteiger partial charge is 0.408 e. The summed E-state index contributed by atoms with van der Waals surface area (Å²) >= 11 is 0.792. The van der Waals surface area contributed by atoms with Crippen LogP contribution in [0.25, 0.3) is 0 Å². The topological polar surface area (TPSA) is 108 Å². The lowest BCUT2D eigenvalue weighted by atomic mass is 10.2. The summed E-state index contributed by atoms with van der Waals surface area (Å²) in [7, 11) is 0. The Balaban J connectivity index is 2.94. The first kappa shape index (κ1) is 25.5. The normalized spacial score (nSPS) is 12.5. The molecule has 0 aliphatic heterocycles. The van der Waals surface area contributed by atoms with Crippen LogP contribution >= 0.6 is 11.8 Å². The molecule has 9 heteroatoms. The Morgan fingerprint density at radius 1 is 0.967 bits per heavy atom. The van der Waals surface area contributed by atoms with E-state index in [-0.39, 0.29) is 17.1 Å². The Hall–Kier alpha value is -2.55. The molecular formula is C21H29NO7S. The minimum absolute atomic E-state index is 0.0958. The zero-order valence-corrected chi connectivity index (χ0v) is 19.2. The maximum absolute atomic E-state index is 12.6. The van der Waals surface area contributed by atoms with Crippen molar-refractivity contribution in [3.63, 3.8) is 0 Å². The summed E-state index contributed by atoms with van der Waals surface area (Å²) < 4.78 is 15.6. The molecule has 166 valence electrons. The van der Waals surface area contributed by atoms with Gasteiger partial charge < -0.3 is 19.5 Å². The van der Waals surface area contributed by atoms with Gasteiger partial charge in [-0.15, -0.1) is 0 Å². The van der Waals surface area contributed by atoms with Crippen molar-refractivity contribution in [1.82, 2.24) is 5.32 Å². The number of benzene rings is 1. The molecule has 0 spiro atoms. The zero-order chi connectivity index (χ0) is 23.1. The van der Waals surface area contributed by atoms with Crippen molar-refractivity contribution in [1.29, 1.82) is 0 Å². The molecule has 0 heterocycles. The highest BCUT2D eigenvalue weighted by atomic mass is 32.2. The third-order valence-corrected chi connectivity index (χ3v) is 4.11. The van der Waals surface area contributed by atoms with Crippen LogP contribution < -0.4 is 10.1 Å². The van der Waals surface area contributed by atoms with Crippen LogP contribution in [0.4, 0.5) is 4.79 Å². The van der Waals surface area contributed by atoms with Crippen LogP contribution in [0.15, 0.2) is 24.3 Å². The summed E-state index contributed by atoms with van der Waals surface area (Å²) in [4.78, 5) is 48.6. The molecule has 0 unspecified atom stereocenters. The van der Waals surface area contributed by atoms with Crippen molar-refractivity contribution in [3.8, 4) is 5.75 Å². The minimum Gasteiger partial charge on any atom is -0.458 e. The summed E-state index contributed by atoms with van der Waals surface area (Å²) in [5, 5.41) is 2.03. The maximum atomic E-state index is 12.6. The zero-order valence-electron chi connectivity index (χ0n) is 18.4. The SMILES string of the molecule is CC(=O)Oc1ccccc1C(=O)SC[C@H](NC(=O)OC(C)(C)C)C(=O)OC(C)(C)C. The van der Waals surface area contributed by atoms with Crippen LogP contribution in [0.3, 0.4) is 0 Å².